The highest BCUT2D eigenvalue weighted by atomic mass is 16.5. The van der Waals surface area contributed by atoms with E-state index in [-0.39, 0.29) is 5.78 Å². The number of carbonyl (C=O) groups is 1. The second-order valence-electron chi connectivity index (χ2n) is 3.90. The lowest BCUT2D eigenvalue weighted by molar-refractivity contribution is 0.0990. The highest BCUT2D eigenvalue weighted by Gasteiger charge is 2.07. The van der Waals surface area contributed by atoms with Gasteiger partial charge in [-0.15, -0.1) is 0 Å². The molecule has 0 heterocycles. The molecule has 3 N–H and O–H groups in total. The maximum Gasteiger partial charge on any atom is 0.176 e. The maximum absolute atomic E-state index is 11.8. The van der Waals surface area contributed by atoms with Gasteiger partial charge in [0.05, 0.1) is 19.3 Å². The van der Waals surface area contributed by atoms with Crippen LogP contribution in [0.25, 0.3) is 0 Å². The van der Waals surface area contributed by atoms with Gasteiger partial charge in [0.1, 0.15) is 5.75 Å². The van der Waals surface area contributed by atoms with Gasteiger partial charge in [0, 0.05) is 19.3 Å². The molecule has 0 bridgehead atoms. The summed E-state index contributed by atoms with van der Waals surface area (Å²) in [6.45, 7) is 1.75. The fraction of sp³-hybridized carbons (Fsp3) is 0.462. The molecule has 0 aliphatic heterocycles. The average Bonchev–Trinajstić information content (AvgIpc) is 2.38. The Hall–Kier alpha value is -1.59. The molecule has 0 saturated heterocycles. The Balaban J connectivity index is 2.44. The van der Waals surface area contributed by atoms with Gasteiger partial charge in [0.15, 0.2) is 5.78 Å². The molecule has 0 radical (unpaired) electrons. The first-order chi connectivity index (χ1) is 8.69. The summed E-state index contributed by atoms with van der Waals surface area (Å²) in [6, 6.07) is 5.06. The fourth-order valence-electron chi connectivity index (χ4n) is 1.55. The van der Waals surface area contributed by atoms with E-state index in [2.05, 4.69) is 5.32 Å². The molecule has 5 nitrogen and oxygen atoms in total. The number of nitrogens with one attached hydrogen (secondary N) is 1. The van der Waals surface area contributed by atoms with Crippen LogP contribution in [0.3, 0.4) is 0 Å². The van der Waals surface area contributed by atoms with Gasteiger partial charge in [0.25, 0.3) is 0 Å². The van der Waals surface area contributed by atoms with E-state index in [0.717, 1.165) is 13.0 Å². The van der Waals surface area contributed by atoms with Crippen molar-refractivity contribution in [2.45, 2.75) is 6.42 Å². The average molecular weight is 252 g/mol. The highest BCUT2D eigenvalue weighted by molar-refractivity contribution is 5.98. The lowest BCUT2D eigenvalue weighted by Crippen LogP contribution is -2.24. The number of ketones is 1. The summed E-state index contributed by atoms with van der Waals surface area (Å²) in [6.07, 6.45) is 0.883. The Morgan fingerprint density at radius 1 is 1.39 bits per heavy atom. The first-order valence-electron chi connectivity index (χ1n) is 5.85. The van der Waals surface area contributed by atoms with E-state index >= 15 is 0 Å². The predicted molar refractivity (Wildman–Crippen MR) is 71.1 cm³/mol. The summed E-state index contributed by atoms with van der Waals surface area (Å²) in [4.78, 5) is 11.8. The molecule has 18 heavy (non-hydrogen) atoms. The van der Waals surface area contributed by atoms with E-state index in [0.29, 0.717) is 30.2 Å². The second kappa shape index (κ2) is 7.68. The van der Waals surface area contributed by atoms with Gasteiger partial charge in [-0.05, 0) is 31.2 Å². The molecule has 1 aromatic rings. The summed E-state index contributed by atoms with van der Waals surface area (Å²) in [7, 11) is 3.20. The number of anilines is 1. The van der Waals surface area contributed by atoms with Gasteiger partial charge in [-0.3, -0.25) is 4.79 Å². The number of Topliss-reactive ketones (excluding diaryl/α,β-unsaturated/α-hetero) is 1. The zero-order valence-corrected chi connectivity index (χ0v) is 10.9. The SMILES string of the molecule is COCCCNCC(=O)c1ccc(OC)c(N)c1. The number of methoxy groups -OCH3 is 2. The lowest BCUT2D eigenvalue weighted by atomic mass is 10.1. The zero-order valence-electron chi connectivity index (χ0n) is 10.9. The van der Waals surface area contributed by atoms with E-state index in [1.54, 1.807) is 32.4 Å². The molecular formula is C13H20N2O3. The smallest absolute Gasteiger partial charge is 0.176 e. The van der Waals surface area contributed by atoms with Crippen LogP contribution >= 0.6 is 0 Å². The molecule has 1 aromatic carbocycles. The minimum absolute atomic E-state index is 0.0155. The third kappa shape index (κ3) is 4.35. The minimum Gasteiger partial charge on any atom is -0.495 e. The number of carbonyl (C=O) groups excluding carboxylic acids is 1. The van der Waals surface area contributed by atoms with Crippen molar-refractivity contribution in [2.75, 3.05) is 39.6 Å². The van der Waals surface area contributed by atoms with Crippen molar-refractivity contribution in [2.24, 2.45) is 0 Å². The number of nitrogens with two attached hydrogens (primary N) is 1. The maximum atomic E-state index is 11.8. The summed E-state index contributed by atoms with van der Waals surface area (Å²) < 4.78 is 9.96. The summed E-state index contributed by atoms with van der Waals surface area (Å²) in [5.41, 5.74) is 6.81. The largest absolute Gasteiger partial charge is 0.495 e. The lowest BCUT2D eigenvalue weighted by Gasteiger charge is -2.07. The van der Waals surface area contributed by atoms with Crippen LogP contribution in [0.5, 0.6) is 5.75 Å². The first kappa shape index (κ1) is 14.5. The standard InChI is InChI=1S/C13H20N2O3/c1-17-7-3-6-15-9-12(16)10-4-5-13(18-2)11(14)8-10/h4-5,8,15H,3,6-7,9,14H2,1-2H3. The van der Waals surface area contributed by atoms with Gasteiger partial charge < -0.3 is 20.5 Å². The molecule has 0 spiro atoms. The van der Waals surface area contributed by atoms with Gasteiger partial charge in [-0.2, -0.15) is 0 Å². The van der Waals surface area contributed by atoms with Crippen LogP contribution in [0.2, 0.25) is 0 Å². The normalized spacial score (nSPS) is 10.3. The number of hydrogen-bond donors (Lipinski definition) is 2. The molecule has 0 aliphatic rings. The van der Waals surface area contributed by atoms with Crippen molar-refractivity contribution in [1.29, 1.82) is 0 Å². The van der Waals surface area contributed by atoms with Crippen molar-refractivity contribution in [3.63, 3.8) is 0 Å². The number of hydrogen-bond acceptors (Lipinski definition) is 5. The Morgan fingerprint density at radius 2 is 2.17 bits per heavy atom. The molecular weight excluding hydrogens is 232 g/mol. The van der Waals surface area contributed by atoms with E-state index in [4.69, 9.17) is 15.2 Å². The van der Waals surface area contributed by atoms with Gasteiger partial charge in [0.2, 0.25) is 0 Å². The van der Waals surface area contributed by atoms with Crippen molar-refractivity contribution in [3.8, 4) is 5.75 Å². The second-order valence-corrected chi connectivity index (χ2v) is 3.90. The van der Waals surface area contributed by atoms with Crippen LogP contribution in [0, 0.1) is 0 Å². The van der Waals surface area contributed by atoms with Crippen LogP contribution < -0.4 is 15.8 Å². The Bertz CT molecular complexity index is 394. The number of rotatable bonds is 8. The predicted octanol–water partition coefficient (Wildman–Crippen LogP) is 1.09. The van der Waals surface area contributed by atoms with E-state index in [1.807, 2.05) is 0 Å². The monoisotopic (exact) mass is 252 g/mol. The Morgan fingerprint density at radius 3 is 2.78 bits per heavy atom. The molecule has 0 aromatic heterocycles. The first-order valence-corrected chi connectivity index (χ1v) is 5.85. The molecule has 0 amide bonds. The minimum atomic E-state index is 0.0155. The van der Waals surface area contributed by atoms with Crippen LogP contribution in [0.15, 0.2) is 18.2 Å². The number of nitrogen functional groups attached to an aromatic ring is 1. The van der Waals surface area contributed by atoms with Gasteiger partial charge in [-0.1, -0.05) is 0 Å². The summed E-state index contributed by atoms with van der Waals surface area (Å²) >= 11 is 0. The van der Waals surface area contributed by atoms with Crippen LogP contribution in [0.4, 0.5) is 5.69 Å². The molecule has 0 fully saturated rings. The van der Waals surface area contributed by atoms with Crippen LogP contribution in [-0.4, -0.2) is 39.7 Å². The van der Waals surface area contributed by atoms with Gasteiger partial charge >= 0.3 is 0 Å². The van der Waals surface area contributed by atoms with Gasteiger partial charge in [-0.25, -0.2) is 0 Å². The highest BCUT2D eigenvalue weighted by Crippen LogP contribution is 2.21. The van der Waals surface area contributed by atoms with E-state index in [9.17, 15) is 4.79 Å². The fourth-order valence-corrected chi connectivity index (χ4v) is 1.55. The van der Waals surface area contributed by atoms with Crippen molar-refractivity contribution >= 4 is 11.5 Å². The van der Waals surface area contributed by atoms with E-state index in [1.165, 1.54) is 0 Å². The molecule has 0 saturated carbocycles. The van der Waals surface area contributed by atoms with Crippen LogP contribution in [0.1, 0.15) is 16.8 Å². The van der Waals surface area contributed by atoms with Crippen molar-refractivity contribution < 1.29 is 14.3 Å². The Labute approximate surface area is 107 Å². The zero-order chi connectivity index (χ0) is 13.4. The van der Waals surface area contributed by atoms with Crippen molar-refractivity contribution in [1.82, 2.24) is 5.32 Å². The quantitative estimate of drug-likeness (QED) is 0.411. The number of benzene rings is 1. The molecule has 0 unspecified atom stereocenters. The summed E-state index contributed by atoms with van der Waals surface area (Å²) in [5.74, 6) is 0.598. The third-order valence-electron chi connectivity index (χ3n) is 2.54. The Kier molecular flexibility index (Phi) is 6.18. The molecule has 5 heteroatoms. The molecule has 1 rings (SSSR count). The molecule has 0 aliphatic carbocycles. The number of ether oxygens (including phenoxy) is 2. The topological polar surface area (TPSA) is 73.6 Å². The van der Waals surface area contributed by atoms with E-state index < -0.39 is 0 Å². The van der Waals surface area contributed by atoms with Crippen LogP contribution in [-0.2, 0) is 4.74 Å². The third-order valence-corrected chi connectivity index (χ3v) is 2.54. The summed E-state index contributed by atoms with van der Waals surface area (Å²) in [5, 5.41) is 3.06. The molecule has 0 atom stereocenters. The molecule has 100 valence electrons. The van der Waals surface area contributed by atoms with Crippen molar-refractivity contribution in [3.05, 3.63) is 23.8 Å².